The number of carbonyl (C=O) groups excluding carboxylic acids is 1. The summed E-state index contributed by atoms with van der Waals surface area (Å²) in [4.78, 5) is 10.9. The van der Waals surface area contributed by atoms with E-state index in [0.29, 0.717) is 0 Å². The fraction of sp³-hybridized carbons (Fsp3) is 0.417. The van der Waals surface area contributed by atoms with Gasteiger partial charge in [0.25, 0.3) is 0 Å². The molecule has 17 heavy (non-hydrogen) atoms. The molecule has 0 aromatic heterocycles. The minimum absolute atomic E-state index is 0.153. The lowest BCUT2D eigenvalue weighted by Gasteiger charge is -2.16. The molecule has 1 aromatic carbocycles. The van der Waals surface area contributed by atoms with E-state index in [0.717, 1.165) is 19.1 Å². The van der Waals surface area contributed by atoms with E-state index in [9.17, 15) is 13.6 Å². The van der Waals surface area contributed by atoms with E-state index < -0.39 is 17.3 Å². The molecule has 0 amide bonds. The molecule has 0 atom stereocenters. The van der Waals surface area contributed by atoms with Crippen molar-refractivity contribution in [3.05, 3.63) is 28.8 Å². The number of carbonyl (C=O) groups is 1. The third-order valence-electron chi connectivity index (χ3n) is 2.10. The van der Waals surface area contributed by atoms with Gasteiger partial charge in [0.05, 0.1) is 11.1 Å². The van der Waals surface area contributed by atoms with E-state index in [-0.39, 0.29) is 16.9 Å². The SMILES string of the molecule is CC(=O)C(F)(F)c1ccc(Cl)c(OC(C)C)c1. The van der Waals surface area contributed by atoms with E-state index >= 15 is 0 Å². The second kappa shape index (κ2) is 5.00. The fourth-order valence-electron chi connectivity index (χ4n) is 1.25. The summed E-state index contributed by atoms with van der Waals surface area (Å²) >= 11 is 5.82. The molecule has 94 valence electrons. The van der Waals surface area contributed by atoms with E-state index in [1.165, 1.54) is 6.07 Å². The fourth-order valence-corrected chi connectivity index (χ4v) is 1.41. The van der Waals surface area contributed by atoms with Crippen molar-refractivity contribution >= 4 is 17.4 Å². The monoisotopic (exact) mass is 262 g/mol. The molecule has 0 N–H and O–H groups in total. The van der Waals surface area contributed by atoms with Gasteiger partial charge in [-0.1, -0.05) is 17.7 Å². The number of Topliss-reactive ketones (excluding diaryl/α,β-unsaturated/α-hetero) is 1. The van der Waals surface area contributed by atoms with Gasteiger partial charge in [0.1, 0.15) is 5.75 Å². The highest BCUT2D eigenvalue weighted by molar-refractivity contribution is 6.32. The van der Waals surface area contributed by atoms with Crippen LogP contribution in [0.4, 0.5) is 8.78 Å². The minimum atomic E-state index is -3.51. The van der Waals surface area contributed by atoms with E-state index in [2.05, 4.69) is 0 Å². The summed E-state index contributed by atoms with van der Waals surface area (Å²) in [6.07, 6.45) is -0.186. The number of hydrogen-bond acceptors (Lipinski definition) is 2. The zero-order valence-corrected chi connectivity index (χ0v) is 10.5. The molecule has 5 heteroatoms. The summed E-state index contributed by atoms with van der Waals surface area (Å²) in [6.45, 7) is 4.36. The molecule has 1 aromatic rings. The van der Waals surface area contributed by atoms with Crippen molar-refractivity contribution in [2.45, 2.75) is 32.8 Å². The minimum Gasteiger partial charge on any atom is -0.489 e. The maximum Gasteiger partial charge on any atom is 0.330 e. The molecule has 0 saturated heterocycles. The molecule has 0 heterocycles. The van der Waals surface area contributed by atoms with Crippen LogP contribution in [-0.4, -0.2) is 11.9 Å². The number of hydrogen-bond donors (Lipinski definition) is 0. The highest BCUT2D eigenvalue weighted by Crippen LogP contribution is 2.35. The van der Waals surface area contributed by atoms with Crippen LogP contribution in [0, 0.1) is 0 Å². The molecule has 0 aliphatic rings. The third kappa shape index (κ3) is 3.16. The van der Waals surface area contributed by atoms with Gasteiger partial charge in [0.2, 0.25) is 5.78 Å². The highest BCUT2D eigenvalue weighted by Gasteiger charge is 2.37. The van der Waals surface area contributed by atoms with Crippen molar-refractivity contribution in [2.75, 3.05) is 0 Å². The van der Waals surface area contributed by atoms with Gasteiger partial charge in [-0.25, -0.2) is 0 Å². The van der Waals surface area contributed by atoms with Crippen LogP contribution in [0.3, 0.4) is 0 Å². The van der Waals surface area contributed by atoms with Crippen LogP contribution in [0.5, 0.6) is 5.75 Å². The summed E-state index contributed by atoms with van der Waals surface area (Å²) in [5.74, 6) is -4.57. The molecule has 2 nitrogen and oxygen atoms in total. The lowest BCUT2D eigenvalue weighted by atomic mass is 10.1. The normalized spacial score (nSPS) is 11.7. The zero-order chi connectivity index (χ0) is 13.2. The first kappa shape index (κ1) is 13.9. The van der Waals surface area contributed by atoms with Crippen molar-refractivity contribution in [1.82, 2.24) is 0 Å². The largest absolute Gasteiger partial charge is 0.489 e. The molecule has 0 fully saturated rings. The quantitative estimate of drug-likeness (QED) is 0.825. The molecule has 0 aliphatic heterocycles. The standard InChI is InChI=1S/C12H13ClF2O2/c1-7(2)17-11-6-9(4-5-10(11)13)12(14,15)8(3)16/h4-7H,1-3H3. The summed E-state index contributed by atoms with van der Waals surface area (Å²) in [5, 5.41) is 0.238. The summed E-state index contributed by atoms with van der Waals surface area (Å²) in [7, 11) is 0. The Hall–Kier alpha value is -1.16. The number of benzene rings is 1. The van der Waals surface area contributed by atoms with Crippen LogP contribution in [0.1, 0.15) is 26.3 Å². The van der Waals surface area contributed by atoms with Gasteiger partial charge < -0.3 is 4.74 Å². The molecular weight excluding hydrogens is 250 g/mol. The zero-order valence-electron chi connectivity index (χ0n) is 9.76. The maximum atomic E-state index is 13.5. The average molecular weight is 263 g/mol. The first-order valence-electron chi connectivity index (χ1n) is 5.10. The number of rotatable bonds is 4. The van der Waals surface area contributed by atoms with E-state index in [1.54, 1.807) is 13.8 Å². The van der Waals surface area contributed by atoms with Gasteiger partial charge in [-0.15, -0.1) is 0 Å². The van der Waals surface area contributed by atoms with Crippen LogP contribution >= 0.6 is 11.6 Å². The van der Waals surface area contributed by atoms with Gasteiger partial charge in [-0.2, -0.15) is 8.78 Å². The first-order chi connectivity index (χ1) is 7.75. The Morgan fingerprint density at radius 3 is 2.47 bits per heavy atom. The van der Waals surface area contributed by atoms with Crippen molar-refractivity contribution in [3.8, 4) is 5.75 Å². The Bertz CT molecular complexity index is 431. The topological polar surface area (TPSA) is 26.3 Å². The smallest absolute Gasteiger partial charge is 0.330 e. The lowest BCUT2D eigenvalue weighted by molar-refractivity contribution is -0.141. The third-order valence-corrected chi connectivity index (χ3v) is 2.41. The molecular formula is C12H13ClF2O2. The second-order valence-corrected chi connectivity index (χ2v) is 4.35. The van der Waals surface area contributed by atoms with Gasteiger partial charge >= 0.3 is 5.92 Å². The molecule has 1 rings (SSSR count). The van der Waals surface area contributed by atoms with Crippen LogP contribution in [-0.2, 0) is 10.7 Å². The van der Waals surface area contributed by atoms with Gasteiger partial charge in [-0.05, 0) is 26.0 Å². The van der Waals surface area contributed by atoms with E-state index in [4.69, 9.17) is 16.3 Å². The van der Waals surface area contributed by atoms with Crippen molar-refractivity contribution < 1.29 is 18.3 Å². The van der Waals surface area contributed by atoms with Crippen LogP contribution in [0.15, 0.2) is 18.2 Å². The number of ketones is 1. The first-order valence-corrected chi connectivity index (χ1v) is 5.48. The highest BCUT2D eigenvalue weighted by atomic mass is 35.5. The Morgan fingerprint density at radius 2 is 2.00 bits per heavy atom. The Kier molecular flexibility index (Phi) is 4.09. The Labute approximate surface area is 104 Å². The lowest BCUT2D eigenvalue weighted by Crippen LogP contribution is -2.23. The summed E-state index contributed by atoms with van der Waals surface area (Å²) in [6, 6.07) is 3.52. The van der Waals surface area contributed by atoms with Crippen molar-refractivity contribution in [3.63, 3.8) is 0 Å². The van der Waals surface area contributed by atoms with Gasteiger partial charge in [0, 0.05) is 12.5 Å². The molecule has 0 bridgehead atoms. The predicted octanol–water partition coefficient (Wildman–Crippen LogP) is 3.81. The summed E-state index contributed by atoms with van der Waals surface area (Å²) < 4.78 is 32.2. The number of alkyl halides is 2. The number of halogens is 3. The molecule has 0 aliphatic carbocycles. The van der Waals surface area contributed by atoms with Crippen LogP contribution < -0.4 is 4.74 Å². The van der Waals surface area contributed by atoms with E-state index in [1.807, 2.05) is 0 Å². The number of ether oxygens (including phenoxy) is 1. The summed E-state index contributed by atoms with van der Waals surface area (Å²) in [5.41, 5.74) is -0.412. The van der Waals surface area contributed by atoms with Gasteiger partial charge in [-0.3, -0.25) is 4.79 Å². The molecule has 0 radical (unpaired) electrons. The second-order valence-electron chi connectivity index (χ2n) is 3.94. The predicted molar refractivity (Wildman–Crippen MR) is 61.8 cm³/mol. The van der Waals surface area contributed by atoms with Crippen molar-refractivity contribution in [2.24, 2.45) is 0 Å². The van der Waals surface area contributed by atoms with Crippen LogP contribution in [0.25, 0.3) is 0 Å². The molecule has 0 spiro atoms. The van der Waals surface area contributed by atoms with Crippen molar-refractivity contribution in [1.29, 1.82) is 0 Å². The Morgan fingerprint density at radius 1 is 1.41 bits per heavy atom. The van der Waals surface area contributed by atoms with Crippen LogP contribution in [0.2, 0.25) is 5.02 Å². The molecule has 0 saturated carbocycles. The van der Waals surface area contributed by atoms with Gasteiger partial charge in [0.15, 0.2) is 0 Å². The average Bonchev–Trinajstić information content (AvgIpc) is 2.20. The maximum absolute atomic E-state index is 13.5. The molecule has 0 unspecified atom stereocenters. The Balaban J connectivity index is 3.16.